The second kappa shape index (κ2) is 4.35. The van der Waals surface area contributed by atoms with Crippen molar-refractivity contribution in [2.24, 2.45) is 0 Å². The van der Waals surface area contributed by atoms with Gasteiger partial charge in [0.25, 0.3) is 0 Å². The summed E-state index contributed by atoms with van der Waals surface area (Å²) >= 11 is 3.86. The molecule has 0 aromatic carbocycles. The first-order valence-corrected chi connectivity index (χ1v) is 5.40. The van der Waals surface area contributed by atoms with Crippen molar-refractivity contribution < 1.29 is 18.3 Å². The third-order valence-corrected chi connectivity index (χ3v) is 3.11. The predicted octanol–water partition coefficient (Wildman–Crippen LogP) is 3.17. The summed E-state index contributed by atoms with van der Waals surface area (Å²) < 4.78 is 31.4. The van der Waals surface area contributed by atoms with Crippen LogP contribution in [-0.4, -0.2) is 12.6 Å². The molecule has 0 N–H and O–H groups in total. The molecule has 14 heavy (non-hydrogen) atoms. The minimum Gasteiger partial charge on any atom is -0.461 e. The van der Waals surface area contributed by atoms with Crippen molar-refractivity contribution in [3.05, 3.63) is 20.8 Å². The summed E-state index contributed by atoms with van der Waals surface area (Å²) in [4.78, 5) is 10.6. The molecule has 0 saturated heterocycles. The summed E-state index contributed by atoms with van der Waals surface area (Å²) in [6.45, 7) is 1.43. The van der Waals surface area contributed by atoms with Gasteiger partial charge in [-0.3, -0.25) is 0 Å². The molecule has 78 valence electrons. The van der Waals surface area contributed by atoms with Gasteiger partial charge in [0.1, 0.15) is 0 Å². The van der Waals surface area contributed by atoms with Crippen molar-refractivity contribution in [1.82, 2.24) is 0 Å². The number of hydrogen-bond donors (Lipinski definition) is 0. The van der Waals surface area contributed by atoms with E-state index in [4.69, 9.17) is 0 Å². The molecule has 0 aliphatic carbocycles. The standard InChI is InChI=1S/C8H7BrF2O2S/c1-2-13-7(12)8(10,11)5-3-4-6(9)14-5/h3-4H,2H2,1H3. The fourth-order valence-electron chi connectivity index (χ4n) is 0.805. The van der Waals surface area contributed by atoms with Crippen molar-refractivity contribution in [2.45, 2.75) is 12.8 Å². The van der Waals surface area contributed by atoms with Crippen molar-refractivity contribution in [2.75, 3.05) is 6.61 Å². The lowest BCUT2D eigenvalue weighted by molar-refractivity contribution is -0.172. The van der Waals surface area contributed by atoms with Crippen molar-refractivity contribution in [3.63, 3.8) is 0 Å². The Morgan fingerprint density at radius 2 is 2.29 bits per heavy atom. The number of thiophene rings is 1. The highest BCUT2D eigenvalue weighted by molar-refractivity contribution is 9.11. The zero-order chi connectivity index (χ0) is 10.8. The number of hydrogen-bond acceptors (Lipinski definition) is 3. The van der Waals surface area contributed by atoms with Gasteiger partial charge in [0, 0.05) is 0 Å². The van der Waals surface area contributed by atoms with Crippen LogP contribution in [0.1, 0.15) is 11.8 Å². The highest BCUT2D eigenvalue weighted by atomic mass is 79.9. The van der Waals surface area contributed by atoms with Crippen LogP contribution in [0.3, 0.4) is 0 Å². The van der Waals surface area contributed by atoms with Crippen molar-refractivity contribution >= 4 is 33.2 Å². The second-order valence-electron chi connectivity index (χ2n) is 2.40. The molecular weight excluding hydrogens is 278 g/mol. The Morgan fingerprint density at radius 1 is 1.64 bits per heavy atom. The second-order valence-corrected chi connectivity index (χ2v) is 4.86. The summed E-state index contributed by atoms with van der Waals surface area (Å²) in [5.74, 6) is -5.05. The zero-order valence-corrected chi connectivity index (χ0v) is 9.62. The van der Waals surface area contributed by atoms with Crippen molar-refractivity contribution in [1.29, 1.82) is 0 Å². The largest absolute Gasteiger partial charge is 0.461 e. The van der Waals surface area contributed by atoms with E-state index in [1.165, 1.54) is 19.1 Å². The van der Waals surface area contributed by atoms with E-state index in [1.807, 2.05) is 0 Å². The number of carbonyl (C=O) groups excluding carboxylic acids is 1. The molecule has 0 unspecified atom stereocenters. The highest BCUT2D eigenvalue weighted by Gasteiger charge is 2.43. The maximum atomic E-state index is 13.3. The third-order valence-electron chi connectivity index (χ3n) is 1.41. The molecule has 0 radical (unpaired) electrons. The van der Waals surface area contributed by atoms with Gasteiger partial charge in [-0.2, -0.15) is 8.78 Å². The van der Waals surface area contributed by atoms with E-state index in [0.717, 1.165) is 11.3 Å². The van der Waals surface area contributed by atoms with Crippen LogP contribution >= 0.6 is 27.3 Å². The molecule has 1 aromatic rings. The average molecular weight is 285 g/mol. The van der Waals surface area contributed by atoms with Gasteiger partial charge >= 0.3 is 11.9 Å². The Hall–Kier alpha value is -0.490. The van der Waals surface area contributed by atoms with Gasteiger partial charge < -0.3 is 4.74 Å². The van der Waals surface area contributed by atoms with E-state index in [0.29, 0.717) is 3.79 Å². The monoisotopic (exact) mass is 284 g/mol. The Kier molecular flexibility index (Phi) is 3.60. The van der Waals surface area contributed by atoms with Gasteiger partial charge in [-0.25, -0.2) is 4.79 Å². The Bertz CT molecular complexity index is 338. The minimum absolute atomic E-state index is 0.0546. The molecule has 0 aliphatic rings. The maximum absolute atomic E-state index is 13.3. The molecule has 1 rings (SSSR count). The van der Waals surface area contributed by atoms with E-state index in [9.17, 15) is 13.6 Å². The predicted molar refractivity (Wildman–Crippen MR) is 52.5 cm³/mol. The normalized spacial score (nSPS) is 11.4. The molecule has 6 heteroatoms. The molecule has 0 saturated carbocycles. The molecule has 2 nitrogen and oxygen atoms in total. The molecular formula is C8H7BrF2O2S. The van der Waals surface area contributed by atoms with Crippen LogP contribution < -0.4 is 0 Å². The topological polar surface area (TPSA) is 26.3 Å². The van der Waals surface area contributed by atoms with Gasteiger partial charge in [-0.05, 0) is 35.0 Å². The van der Waals surface area contributed by atoms with Crippen LogP contribution in [0, 0.1) is 0 Å². The summed E-state index contributed by atoms with van der Waals surface area (Å²) in [5.41, 5.74) is 0. The average Bonchev–Trinajstić information content (AvgIpc) is 2.52. The summed E-state index contributed by atoms with van der Waals surface area (Å²) in [6, 6.07) is 2.67. The van der Waals surface area contributed by atoms with Gasteiger partial charge in [0.15, 0.2) is 0 Å². The zero-order valence-electron chi connectivity index (χ0n) is 7.22. The quantitative estimate of drug-likeness (QED) is 0.797. The van der Waals surface area contributed by atoms with Gasteiger partial charge in [-0.15, -0.1) is 11.3 Å². The number of alkyl halides is 2. The highest BCUT2D eigenvalue weighted by Crippen LogP contribution is 2.36. The Labute approximate surface area is 92.0 Å². The number of esters is 1. The van der Waals surface area contributed by atoms with Crippen LogP contribution in [0.25, 0.3) is 0 Å². The lowest BCUT2D eigenvalue weighted by Gasteiger charge is -2.12. The fraction of sp³-hybridized carbons (Fsp3) is 0.375. The molecule has 0 atom stereocenters. The summed E-state index contributed by atoms with van der Waals surface area (Å²) in [7, 11) is 0. The van der Waals surface area contributed by atoms with Gasteiger partial charge in [-0.1, -0.05) is 0 Å². The van der Waals surface area contributed by atoms with E-state index in [2.05, 4.69) is 20.7 Å². The van der Waals surface area contributed by atoms with E-state index in [1.54, 1.807) is 0 Å². The first-order chi connectivity index (χ1) is 6.48. The third kappa shape index (κ3) is 2.30. The minimum atomic E-state index is -3.55. The molecule has 0 aliphatic heterocycles. The summed E-state index contributed by atoms with van der Waals surface area (Å²) in [6.07, 6.45) is 0. The van der Waals surface area contributed by atoms with Crippen LogP contribution in [0.5, 0.6) is 0 Å². The SMILES string of the molecule is CCOC(=O)C(F)(F)c1ccc(Br)s1. The fourth-order valence-corrected chi connectivity index (χ4v) is 2.15. The lowest BCUT2D eigenvalue weighted by atomic mass is 10.3. The first-order valence-electron chi connectivity index (χ1n) is 3.79. The van der Waals surface area contributed by atoms with Crippen LogP contribution in [0.15, 0.2) is 15.9 Å². The number of carbonyl (C=O) groups is 1. The van der Waals surface area contributed by atoms with Gasteiger partial charge in [0.2, 0.25) is 0 Å². The van der Waals surface area contributed by atoms with E-state index < -0.39 is 11.9 Å². The van der Waals surface area contributed by atoms with Crippen LogP contribution in [-0.2, 0) is 15.5 Å². The molecule has 0 spiro atoms. The molecule has 1 aromatic heterocycles. The van der Waals surface area contributed by atoms with E-state index >= 15 is 0 Å². The molecule has 0 fully saturated rings. The van der Waals surface area contributed by atoms with Gasteiger partial charge in [0.05, 0.1) is 15.3 Å². The summed E-state index contributed by atoms with van der Waals surface area (Å²) in [5, 5.41) is 0. The molecule has 0 amide bonds. The Balaban J connectivity index is 2.89. The first kappa shape index (κ1) is 11.6. The molecule has 0 bridgehead atoms. The maximum Gasteiger partial charge on any atom is 0.382 e. The Morgan fingerprint density at radius 3 is 2.71 bits per heavy atom. The number of ether oxygens (including phenoxy) is 1. The van der Waals surface area contributed by atoms with Crippen LogP contribution in [0.2, 0.25) is 0 Å². The van der Waals surface area contributed by atoms with E-state index in [-0.39, 0.29) is 11.5 Å². The lowest BCUT2D eigenvalue weighted by Crippen LogP contribution is -2.27. The molecule has 1 heterocycles. The van der Waals surface area contributed by atoms with Crippen LogP contribution in [0.4, 0.5) is 8.78 Å². The smallest absolute Gasteiger partial charge is 0.382 e. The number of halogens is 3. The number of rotatable bonds is 3. The van der Waals surface area contributed by atoms with Crippen molar-refractivity contribution in [3.8, 4) is 0 Å².